The van der Waals surface area contributed by atoms with Gasteiger partial charge in [0, 0.05) is 6.04 Å². The Labute approximate surface area is 128 Å². The second kappa shape index (κ2) is 7.01. The van der Waals surface area contributed by atoms with Gasteiger partial charge in [0.1, 0.15) is 0 Å². The monoisotopic (exact) mass is 327 g/mol. The second-order valence-corrected chi connectivity index (χ2v) is 5.57. The van der Waals surface area contributed by atoms with Crippen LogP contribution in [-0.2, 0) is 6.18 Å². The fraction of sp³-hybridized carbons (Fsp3) is 0.571. The molecule has 6 heteroatoms. The van der Waals surface area contributed by atoms with E-state index >= 15 is 0 Å². The van der Waals surface area contributed by atoms with Crippen LogP contribution in [0.3, 0.4) is 0 Å². The van der Waals surface area contributed by atoms with Gasteiger partial charge in [0.05, 0.1) is 10.6 Å². The smallest absolute Gasteiger partial charge is 0.324 e. The van der Waals surface area contributed by atoms with Crippen LogP contribution in [0.5, 0.6) is 0 Å². The average Bonchev–Trinajstić information content (AvgIpc) is 2.37. The van der Waals surface area contributed by atoms with Gasteiger partial charge in [-0.1, -0.05) is 36.9 Å². The lowest BCUT2D eigenvalue weighted by Gasteiger charge is -2.28. The van der Waals surface area contributed by atoms with E-state index in [9.17, 15) is 13.2 Å². The van der Waals surface area contributed by atoms with Crippen molar-refractivity contribution in [3.05, 3.63) is 34.3 Å². The molecule has 1 nitrogen and oxygen atoms in total. The van der Waals surface area contributed by atoms with Crippen molar-refractivity contribution in [2.45, 2.75) is 44.3 Å². The Morgan fingerprint density at radius 1 is 1.15 bits per heavy atom. The average molecular weight is 328 g/mol. The molecule has 0 radical (unpaired) electrons. The van der Waals surface area contributed by atoms with Crippen molar-refractivity contribution < 1.29 is 13.2 Å². The van der Waals surface area contributed by atoms with Crippen LogP contribution < -0.4 is 5.73 Å². The second-order valence-electron chi connectivity index (χ2n) is 5.16. The molecule has 1 atom stereocenters. The van der Waals surface area contributed by atoms with E-state index in [0.29, 0.717) is 11.5 Å². The minimum atomic E-state index is -4.41. The van der Waals surface area contributed by atoms with Crippen molar-refractivity contribution in [2.75, 3.05) is 0 Å². The van der Waals surface area contributed by atoms with Crippen LogP contribution in [0.15, 0.2) is 18.2 Å². The third kappa shape index (κ3) is 4.03. The molecule has 1 fully saturated rings. The van der Waals surface area contributed by atoms with Gasteiger partial charge >= 0.3 is 6.18 Å². The van der Waals surface area contributed by atoms with Crippen LogP contribution in [0.1, 0.15) is 49.3 Å². The first-order valence-corrected chi connectivity index (χ1v) is 6.89. The Hall–Kier alpha value is -0.450. The topological polar surface area (TPSA) is 26.0 Å². The zero-order valence-electron chi connectivity index (χ0n) is 10.9. The molecule has 0 saturated heterocycles. The summed E-state index contributed by atoms with van der Waals surface area (Å²) in [5, 5.41) is -0.267. The van der Waals surface area contributed by atoms with E-state index in [-0.39, 0.29) is 23.5 Å². The summed E-state index contributed by atoms with van der Waals surface area (Å²) < 4.78 is 37.9. The van der Waals surface area contributed by atoms with Crippen LogP contribution in [0, 0.1) is 5.92 Å². The van der Waals surface area contributed by atoms with Crippen molar-refractivity contribution >= 4 is 24.0 Å². The van der Waals surface area contributed by atoms with Gasteiger partial charge in [0.2, 0.25) is 0 Å². The molecule has 2 rings (SSSR count). The molecule has 0 heterocycles. The third-order valence-corrected chi connectivity index (χ3v) is 4.15. The summed E-state index contributed by atoms with van der Waals surface area (Å²) in [6.07, 6.45) is 1.18. The molecule has 1 aromatic rings. The van der Waals surface area contributed by atoms with Gasteiger partial charge in [-0.05, 0) is 36.5 Å². The summed E-state index contributed by atoms with van der Waals surface area (Å²) >= 11 is 5.72. The van der Waals surface area contributed by atoms with Gasteiger partial charge in [-0.25, -0.2) is 0 Å². The van der Waals surface area contributed by atoms with Crippen LogP contribution >= 0.6 is 24.0 Å². The standard InChI is InChI=1S/C14H17ClF3N.ClH/c15-12-8-10(6-7-11(12)14(16,17)18)13(19)9-4-2-1-3-5-9;/h6-9,13H,1-5,19H2;1H/t13-;/m0./s1. The van der Waals surface area contributed by atoms with E-state index in [0.717, 1.165) is 31.7 Å². The lowest BCUT2D eigenvalue weighted by molar-refractivity contribution is -0.137. The summed E-state index contributed by atoms with van der Waals surface area (Å²) in [6, 6.07) is 3.62. The third-order valence-electron chi connectivity index (χ3n) is 3.84. The molecule has 114 valence electrons. The zero-order chi connectivity index (χ0) is 14.0. The zero-order valence-corrected chi connectivity index (χ0v) is 12.5. The molecule has 1 saturated carbocycles. The molecule has 1 aliphatic carbocycles. The molecule has 0 unspecified atom stereocenters. The molecule has 1 aliphatic rings. The molecular formula is C14H18Cl2F3N. The molecule has 20 heavy (non-hydrogen) atoms. The molecule has 0 amide bonds. The summed E-state index contributed by atoms with van der Waals surface area (Å²) in [7, 11) is 0. The van der Waals surface area contributed by atoms with E-state index in [1.54, 1.807) is 0 Å². The molecule has 0 spiro atoms. The summed E-state index contributed by atoms with van der Waals surface area (Å²) in [5.74, 6) is 0.349. The normalized spacial score (nSPS) is 18.4. The SMILES string of the molecule is Cl.N[C@H](c1ccc(C(F)(F)F)c(Cl)c1)C1CCCCC1. The van der Waals surface area contributed by atoms with E-state index in [2.05, 4.69) is 0 Å². The maximum absolute atomic E-state index is 12.6. The largest absolute Gasteiger partial charge is 0.417 e. The number of hydrogen-bond donors (Lipinski definition) is 1. The van der Waals surface area contributed by atoms with Crippen LogP contribution in [-0.4, -0.2) is 0 Å². The van der Waals surface area contributed by atoms with Crippen molar-refractivity contribution in [1.82, 2.24) is 0 Å². The number of benzene rings is 1. The molecule has 2 N–H and O–H groups in total. The van der Waals surface area contributed by atoms with Crippen molar-refractivity contribution in [2.24, 2.45) is 11.7 Å². The highest BCUT2D eigenvalue weighted by atomic mass is 35.5. The van der Waals surface area contributed by atoms with E-state index in [1.165, 1.54) is 18.6 Å². The Morgan fingerprint density at radius 2 is 1.75 bits per heavy atom. The van der Waals surface area contributed by atoms with Crippen molar-refractivity contribution in [3.8, 4) is 0 Å². The fourth-order valence-electron chi connectivity index (χ4n) is 2.73. The minimum absolute atomic E-state index is 0. The maximum atomic E-state index is 12.6. The lowest BCUT2D eigenvalue weighted by Crippen LogP contribution is -2.23. The first-order chi connectivity index (χ1) is 8.89. The summed E-state index contributed by atoms with van der Waals surface area (Å²) in [6.45, 7) is 0. The van der Waals surface area contributed by atoms with Crippen LogP contribution in [0.2, 0.25) is 5.02 Å². The van der Waals surface area contributed by atoms with Gasteiger partial charge < -0.3 is 5.73 Å². The van der Waals surface area contributed by atoms with Gasteiger partial charge in [-0.15, -0.1) is 12.4 Å². The van der Waals surface area contributed by atoms with E-state index < -0.39 is 11.7 Å². The Kier molecular flexibility index (Phi) is 6.17. The van der Waals surface area contributed by atoms with Gasteiger partial charge in [0.15, 0.2) is 0 Å². The van der Waals surface area contributed by atoms with Gasteiger partial charge in [-0.3, -0.25) is 0 Å². The fourth-order valence-corrected chi connectivity index (χ4v) is 3.03. The quantitative estimate of drug-likeness (QED) is 0.777. The van der Waals surface area contributed by atoms with Gasteiger partial charge in [-0.2, -0.15) is 13.2 Å². The highest BCUT2D eigenvalue weighted by Gasteiger charge is 2.33. The Balaban J connectivity index is 0.00000200. The van der Waals surface area contributed by atoms with Crippen molar-refractivity contribution in [3.63, 3.8) is 0 Å². The number of alkyl halides is 3. The number of hydrogen-bond acceptors (Lipinski definition) is 1. The molecular weight excluding hydrogens is 310 g/mol. The predicted octanol–water partition coefficient (Wildman–Crippen LogP) is 5.36. The van der Waals surface area contributed by atoms with Gasteiger partial charge in [0.25, 0.3) is 0 Å². The lowest BCUT2D eigenvalue weighted by atomic mass is 9.81. The predicted molar refractivity (Wildman–Crippen MR) is 77.2 cm³/mol. The molecule has 1 aromatic carbocycles. The Morgan fingerprint density at radius 3 is 2.25 bits per heavy atom. The first-order valence-electron chi connectivity index (χ1n) is 6.52. The van der Waals surface area contributed by atoms with E-state index in [1.807, 2.05) is 0 Å². The molecule has 0 aliphatic heterocycles. The van der Waals surface area contributed by atoms with Crippen LogP contribution in [0.4, 0.5) is 13.2 Å². The number of nitrogens with two attached hydrogens (primary N) is 1. The van der Waals surface area contributed by atoms with E-state index in [4.69, 9.17) is 17.3 Å². The number of rotatable bonds is 2. The summed E-state index contributed by atoms with van der Waals surface area (Å²) in [4.78, 5) is 0. The van der Waals surface area contributed by atoms with Crippen LogP contribution in [0.25, 0.3) is 0 Å². The minimum Gasteiger partial charge on any atom is -0.324 e. The highest BCUT2D eigenvalue weighted by Crippen LogP contribution is 2.38. The van der Waals surface area contributed by atoms with Crippen molar-refractivity contribution in [1.29, 1.82) is 0 Å². The highest BCUT2D eigenvalue weighted by molar-refractivity contribution is 6.31. The number of halogens is 5. The first kappa shape index (κ1) is 17.6. The molecule has 0 bridgehead atoms. The summed E-state index contributed by atoms with van der Waals surface area (Å²) in [5.41, 5.74) is 6.06. The Bertz CT molecular complexity index is 443. The molecule has 0 aromatic heterocycles. The maximum Gasteiger partial charge on any atom is 0.417 e.